The fourth-order valence-electron chi connectivity index (χ4n) is 3.08. The molecule has 0 radical (unpaired) electrons. The standard InChI is InChI=1S/C19H21F5N2O2S/c1-11-6-12(2)18(13(3)7-11)29(27,28)26-17(19(22,23)24)10-25-9-14-4-5-15(20)8-16(14)21/h4-8,17,25-26H,9-10H2,1-3H3. The van der Waals surface area contributed by atoms with Crippen LogP contribution < -0.4 is 10.0 Å². The Morgan fingerprint density at radius 2 is 1.59 bits per heavy atom. The summed E-state index contributed by atoms with van der Waals surface area (Å²) in [5, 5.41) is 2.37. The van der Waals surface area contributed by atoms with E-state index in [2.05, 4.69) is 5.32 Å². The molecule has 1 unspecified atom stereocenters. The predicted octanol–water partition coefficient (Wildman–Crippen LogP) is 3.89. The molecule has 4 nitrogen and oxygen atoms in total. The van der Waals surface area contributed by atoms with Crippen LogP contribution in [0, 0.1) is 32.4 Å². The van der Waals surface area contributed by atoms with E-state index in [9.17, 15) is 30.4 Å². The maximum atomic E-state index is 13.6. The molecule has 0 heterocycles. The summed E-state index contributed by atoms with van der Waals surface area (Å²) in [7, 11) is -4.46. The van der Waals surface area contributed by atoms with Gasteiger partial charge in [-0.15, -0.1) is 0 Å². The van der Waals surface area contributed by atoms with Crippen LogP contribution in [0.3, 0.4) is 0 Å². The molecule has 0 aliphatic rings. The minimum absolute atomic E-state index is 0.0413. The molecule has 2 rings (SSSR count). The number of benzene rings is 2. The molecule has 0 aliphatic heterocycles. The molecule has 0 aromatic heterocycles. The minimum Gasteiger partial charge on any atom is -0.311 e. The molecule has 0 saturated heterocycles. The van der Waals surface area contributed by atoms with Gasteiger partial charge >= 0.3 is 6.18 Å². The third-order valence-electron chi connectivity index (χ3n) is 4.24. The van der Waals surface area contributed by atoms with Gasteiger partial charge in [0.25, 0.3) is 0 Å². The van der Waals surface area contributed by atoms with Crippen molar-refractivity contribution in [3.8, 4) is 0 Å². The maximum Gasteiger partial charge on any atom is 0.406 e. The van der Waals surface area contributed by atoms with Crippen molar-refractivity contribution in [2.45, 2.75) is 44.4 Å². The average Bonchev–Trinajstić information content (AvgIpc) is 2.53. The van der Waals surface area contributed by atoms with Crippen molar-refractivity contribution in [2.75, 3.05) is 6.54 Å². The molecule has 0 amide bonds. The molecule has 0 spiro atoms. The lowest BCUT2D eigenvalue weighted by molar-refractivity contribution is -0.150. The molecule has 2 N–H and O–H groups in total. The lowest BCUT2D eigenvalue weighted by atomic mass is 10.1. The van der Waals surface area contributed by atoms with E-state index in [0.717, 1.165) is 17.7 Å². The van der Waals surface area contributed by atoms with Crippen LogP contribution in [-0.4, -0.2) is 27.2 Å². The smallest absolute Gasteiger partial charge is 0.311 e. The minimum atomic E-state index is -4.88. The first-order valence-electron chi connectivity index (χ1n) is 8.63. The topological polar surface area (TPSA) is 58.2 Å². The van der Waals surface area contributed by atoms with Crippen LogP contribution in [0.25, 0.3) is 0 Å². The van der Waals surface area contributed by atoms with Gasteiger partial charge in [0.2, 0.25) is 10.0 Å². The van der Waals surface area contributed by atoms with Gasteiger partial charge in [-0.05, 0) is 38.0 Å². The molecular weight excluding hydrogens is 415 g/mol. The molecular formula is C19H21F5N2O2S. The summed E-state index contributed by atoms with van der Waals surface area (Å²) in [6, 6.07) is 3.40. The van der Waals surface area contributed by atoms with Gasteiger partial charge in [0.1, 0.15) is 17.7 Å². The van der Waals surface area contributed by atoms with Gasteiger partial charge in [0.15, 0.2) is 0 Å². The Hall–Kier alpha value is -2.04. The van der Waals surface area contributed by atoms with E-state index in [-0.39, 0.29) is 17.0 Å². The number of halogens is 5. The monoisotopic (exact) mass is 436 g/mol. The highest BCUT2D eigenvalue weighted by Crippen LogP contribution is 2.25. The van der Waals surface area contributed by atoms with E-state index in [0.29, 0.717) is 17.2 Å². The molecule has 160 valence electrons. The van der Waals surface area contributed by atoms with Crippen LogP contribution in [0.15, 0.2) is 35.2 Å². The van der Waals surface area contributed by atoms with E-state index in [1.54, 1.807) is 23.8 Å². The fourth-order valence-corrected chi connectivity index (χ4v) is 4.75. The normalized spacial score (nSPS) is 13.5. The fraction of sp³-hybridized carbons (Fsp3) is 0.368. The van der Waals surface area contributed by atoms with E-state index in [4.69, 9.17) is 0 Å². The van der Waals surface area contributed by atoms with Crippen molar-refractivity contribution in [1.82, 2.24) is 10.0 Å². The number of aryl methyl sites for hydroxylation is 3. The molecule has 0 bridgehead atoms. The molecule has 0 saturated carbocycles. The van der Waals surface area contributed by atoms with Gasteiger partial charge in [0, 0.05) is 24.7 Å². The first-order valence-corrected chi connectivity index (χ1v) is 10.1. The molecule has 2 aromatic rings. The number of nitrogens with one attached hydrogen (secondary N) is 2. The van der Waals surface area contributed by atoms with E-state index < -0.39 is 40.4 Å². The lowest BCUT2D eigenvalue weighted by Gasteiger charge is -2.23. The first kappa shape index (κ1) is 23.2. The van der Waals surface area contributed by atoms with Gasteiger partial charge in [-0.1, -0.05) is 23.8 Å². The van der Waals surface area contributed by atoms with E-state index in [1.165, 1.54) is 13.8 Å². The zero-order valence-electron chi connectivity index (χ0n) is 16.0. The summed E-state index contributed by atoms with van der Waals surface area (Å²) >= 11 is 0. The van der Waals surface area contributed by atoms with Crippen LogP contribution in [0.4, 0.5) is 22.0 Å². The third kappa shape index (κ3) is 5.97. The van der Waals surface area contributed by atoms with E-state index >= 15 is 0 Å². The highest BCUT2D eigenvalue weighted by atomic mass is 32.2. The zero-order valence-corrected chi connectivity index (χ0v) is 16.8. The Morgan fingerprint density at radius 3 is 2.10 bits per heavy atom. The summed E-state index contributed by atoms with van der Waals surface area (Å²) in [5.74, 6) is -1.72. The van der Waals surface area contributed by atoms with Gasteiger partial charge < -0.3 is 5.32 Å². The summed E-state index contributed by atoms with van der Waals surface area (Å²) in [6.07, 6.45) is -4.88. The Labute approximate surface area is 166 Å². The number of hydrogen-bond donors (Lipinski definition) is 2. The highest BCUT2D eigenvalue weighted by molar-refractivity contribution is 7.89. The second-order valence-corrected chi connectivity index (χ2v) is 8.46. The summed E-state index contributed by atoms with van der Waals surface area (Å²) in [6.45, 7) is 3.60. The molecule has 1 atom stereocenters. The Morgan fingerprint density at radius 1 is 1.00 bits per heavy atom. The van der Waals surface area contributed by atoms with Crippen molar-refractivity contribution < 1.29 is 30.4 Å². The van der Waals surface area contributed by atoms with Crippen molar-refractivity contribution >= 4 is 10.0 Å². The third-order valence-corrected chi connectivity index (χ3v) is 6.02. The predicted molar refractivity (Wildman–Crippen MR) is 98.9 cm³/mol. The molecule has 2 aromatic carbocycles. The summed E-state index contributed by atoms with van der Waals surface area (Å²) < 4.78 is 93.7. The van der Waals surface area contributed by atoms with Crippen LogP contribution in [0.2, 0.25) is 0 Å². The zero-order chi connectivity index (χ0) is 22.0. The van der Waals surface area contributed by atoms with Gasteiger partial charge in [-0.3, -0.25) is 0 Å². The van der Waals surface area contributed by atoms with Gasteiger partial charge in [-0.2, -0.15) is 17.9 Å². The Kier molecular flexibility index (Phi) is 7.02. The second kappa shape index (κ2) is 8.76. The van der Waals surface area contributed by atoms with Gasteiger partial charge in [0.05, 0.1) is 4.90 Å². The SMILES string of the molecule is Cc1cc(C)c(S(=O)(=O)NC(CNCc2ccc(F)cc2F)C(F)(F)F)c(C)c1. The first-order chi connectivity index (χ1) is 13.3. The molecule has 0 fully saturated rings. The molecule has 29 heavy (non-hydrogen) atoms. The molecule has 10 heteroatoms. The van der Waals surface area contributed by atoms with Crippen molar-refractivity contribution in [2.24, 2.45) is 0 Å². The lowest BCUT2D eigenvalue weighted by Crippen LogP contribution is -2.51. The number of sulfonamides is 1. The largest absolute Gasteiger partial charge is 0.406 e. The van der Waals surface area contributed by atoms with Crippen molar-refractivity contribution in [3.05, 3.63) is 64.2 Å². The quantitative estimate of drug-likeness (QED) is 0.648. The van der Waals surface area contributed by atoms with Crippen LogP contribution in [0.1, 0.15) is 22.3 Å². The van der Waals surface area contributed by atoms with Crippen LogP contribution in [-0.2, 0) is 16.6 Å². The van der Waals surface area contributed by atoms with Crippen molar-refractivity contribution in [3.63, 3.8) is 0 Å². The van der Waals surface area contributed by atoms with Crippen LogP contribution >= 0.6 is 0 Å². The Bertz CT molecular complexity index is 968. The number of hydrogen-bond acceptors (Lipinski definition) is 3. The van der Waals surface area contributed by atoms with E-state index in [1.807, 2.05) is 0 Å². The second-order valence-electron chi connectivity index (χ2n) is 6.81. The maximum absolute atomic E-state index is 13.6. The molecule has 0 aliphatic carbocycles. The van der Waals surface area contributed by atoms with Crippen LogP contribution in [0.5, 0.6) is 0 Å². The summed E-state index contributed by atoms with van der Waals surface area (Å²) in [5.41, 5.74) is 1.41. The average molecular weight is 436 g/mol. The summed E-state index contributed by atoms with van der Waals surface area (Å²) in [4.78, 5) is -0.207. The number of rotatable bonds is 7. The number of alkyl halides is 3. The van der Waals surface area contributed by atoms with Gasteiger partial charge in [-0.25, -0.2) is 17.2 Å². The Balaban J connectivity index is 2.19. The highest BCUT2D eigenvalue weighted by Gasteiger charge is 2.42. The van der Waals surface area contributed by atoms with Crippen molar-refractivity contribution in [1.29, 1.82) is 0 Å².